The molecular formula is C39H39N5O7. The molecular weight excluding hydrogens is 650 g/mol. The lowest BCUT2D eigenvalue weighted by molar-refractivity contribution is -0.135. The zero-order valence-corrected chi connectivity index (χ0v) is 28.9. The van der Waals surface area contributed by atoms with Crippen LogP contribution in [-0.4, -0.2) is 52.4 Å². The SMILES string of the molecule is COc1ccc(-c2cnc(-c3nc4oc3[C@@]35c6ccccc6NC3Oc3ccc(cc35)C[C@H](NC(=O)[C@@H](O)C(C)C)C(=O)N[C@H]4C(C)C)o2)cc1. The molecule has 3 aliphatic heterocycles. The van der Waals surface area contributed by atoms with Gasteiger partial charge >= 0.3 is 0 Å². The van der Waals surface area contributed by atoms with Crippen molar-refractivity contribution in [3.05, 3.63) is 101 Å². The van der Waals surface area contributed by atoms with Crippen LogP contribution in [0.5, 0.6) is 11.5 Å². The van der Waals surface area contributed by atoms with Crippen molar-refractivity contribution >= 4 is 17.5 Å². The zero-order chi connectivity index (χ0) is 35.6. The number of hydrogen-bond donors (Lipinski definition) is 4. The molecule has 8 rings (SSSR count). The van der Waals surface area contributed by atoms with E-state index in [1.54, 1.807) is 27.2 Å². The van der Waals surface area contributed by atoms with Crippen LogP contribution in [0, 0.1) is 11.8 Å². The summed E-state index contributed by atoms with van der Waals surface area (Å²) in [4.78, 5) is 37.0. The van der Waals surface area contributed by atoms with Gasteiger partial charge in [0.25, 0.3) is 0 Å². The third-order valence-electron chi connectivity index (χ3n) is 10.0. The van der Waals surface area contributed by atoms with Gasteiger partial charge < -0.3 is 39.4 Å². The Hall–Kier alpha value is -5.62. The van der Waals surface area contributed by atoms with E-state index < -0.39 is 41.6 Å². The Balaban J connectivity index is 1.34. The minimum Gasteiger partial charge on any atom is -0.497 e. The number of hydrogen-bond acceptors (Lipinski definition) is 10. The van der Waals surface area contributed by atoms with Crippen LogP contribution in [0.2, 0.25) is 0 Å². The van der Waals surface area contributed by atoms with Crippen molar-refractivity contribution in [2.45, 2.75) is 63.9 Å². The Labute approximate surface area is 294 Å². The van der Waals surface area contributed by atoms with E-state index in [0.29, 0.717) is 23.0 Å². The second-order valence-electron chi connectivity index (χ2n) is 14.0. The van der Waals surface area contributed by atoms with E-state index in [0.717, 1.165) is 33.7 Å². The molecule has 3 aliphatic rings. The maximum atomic E-state index is 14.1. The highest BCUT2D eigenvalue weighted by molar-refractivity contribution is 5.90. The highest BCUT2D eigenvalue weighted by Gasteiger charge is 2.61. The Morgan fingerprint density at radius 3 is 2.55 bits per heavy atom. The smallest absolute Gasteiger partial charge is 0.249 e. The van der Waals surface area contributed by atoms with Gasteiger partial charge in [0.15, 0.2) is 23.4 Å². The highest BCUT2D eigenvalue weighted by atomic mass is 16.5. The number of carbonyl (C=O) groups excluding carboxylic acids is 2. The first-order chi connectivity index (χ1) is 24.6. The van der Waals surface area contributed by atoms with Gasteiger partial charge in [-0.2, -0.15) is 0 Å². The number of para-hydroxylation sites is 1. The number of nitrogens with one attached hydrogen (secondary N) is 3. The molecule has 3 aromatic carbocycles. The van der Waals surface area contributed by atoms with Crippen LogP contribution in [0.3, 0.4) is 0 Å². The molecule has 12 nitrogen and oxygen atoms in total. The number of ether oxygens (including phenoxy) is 2. The van der Waals surface area contributed by atoms with Crippen molar-refractivity contribution in [3.63, 3.8) is 0 Å². The molecule has 1 spiro atoms. The molecule has 0 saturated carbocycles. The van der Waals surface area contributed by atoms with E-state index in [4.69, 9.17) is 28.3 Å². The van der Waals surface area contributed by atoms with Gasteiger partial charge in [-0.25, -0.2) is 9.97 Å². The largest absolute Gasteiger partial charge is 0.497 e. The predicted molar refractivity (Wildman–Crippen MR) is 187 cm³/mol. The molecule has 0 radical (unpaired) electrons. The highest BCUT2D eigenvalue weighted by Crippen LogP contribution is 2.59. The molecule has 0 fully saturated rings. The fraction of sp³-hybridized carbons (Fsp3) is 0.333. The lowest BCUT2D eigenvalue weighted by Gasteiger charge is -2.29. The summed E-state index contributed by atoms with van der Waals surface area (Å²) < 4.78 is 25.3. The molecule has 0 aliphatic carbocycles. The van der Waals surface area contributed by atoms with Crippen LogP contribution in [0.25, 0.3) is 22.9 Å². The van der Waals surface area contributed by atoms with E-state index in [1.165, 1.54) is 0 Å². The van der Waals surface area contributed by atoms with Gasteiger partial charge in [0.2, 0.25) is 23.6 Å². The van der Waals surface area contributed by atoms with Gasteiger partial charge in [0.1, 0.15) is 35.1 Å². The monoisotopic (exact) mass is 689 g/mol. The number of fused-ring (bicyclic) bond motifs is 4. The third-order valence-corrected chi connectivity index (χ3v) is 10.0. The molecule has 2 amide bonds. The Kier molecular flexibility index (Phi) is 7.86. The van der Waals surface area contributed by atoms with Crippen molar-refractivity contribution in [3.8, 4) is 34.4 Å². The molecule has 51 heavy (non-hydrogen) atoms. The number of amides is 2. The first-order valence-corrected chi connectivity index (χ1v) is 17.1. The summed E-state index contributed by atoms with van der Waals surface area (Å²) in [5.41, 5.74) is 3.53. The quantitative estimate of drug-likeness (QED) is 0.175. The topological polar surface area (TPSA) is 161 Å². The average molecular weight is 690 g/mol. The number of aromatic nitrogens is 2. The number of rotatable bonds is 7. The van der Waals surface area contributed by atoms with Crippen LogP contribution >= 0.6 is 0 Å². The number of methoxy groups -OCH3 is 1. The van der Waals surface area contributed by atoms with Crippen molar-refractivity contribution in [2.24, 2.45) is 11.8 Å². The molecule has 5 atom stereocenters. The normalized spacial score (nSPS) is 22.2. The number of benzene rings is 3. The first-order valence-electron chi connectivity index (χ1n) is 17.1. The number of carbonyl (C=O) groups is 2. The van der Waals surface area contributed by atoms with Crippen LogP contribution < -0.4 is 25.4 Å². The summed E-state index contributed by atoms with van der Waals surface area (Å²) in [6.45, 7) is 7.40. The summed E-state index contributed by atoms with van der Waals surface area (Å²) in [7, 11) is 1.61. The number of anilines is 1. The molecule has 5 heterocycles. The summed E-state index contributed by atoms with van der Waals surface area (Å²) in [6.07, 6.45) is -0.0703. The van der Waals surface area contributed by atoms with Crippen molar-refractivity contribution in [2.75, 3.05) is 12.4 Å². The third kappa shape index (κ3) is 5.24. The van der Waals surface area contributed by atoms with Crippen LogP contribution in [0.1, 0.15) is 62.1 Å². The van der Waals surface area contributed by atoms with E-state index >= 15 is 0 Å². The number of aliphatic hydroxyl groups is 1. The fourth-order valence-corrected chi connectivity index (χ4v) is 7.28. The fourth-order valence-electron chi connectivity index (χ4n) is 7.28. The molecule has 262 valence electrons. The Morgan fingerprint density at radius 2 is 1.80 bits per heavy atom. The minimum atomic E-state index is -1.28. The van der Waals surface area contributed by atoms with E-state index in [2.05, 4.69) is 16.0 Å². The summed E-state index contributed by atoms with van der Waals surface area (Å²) >= 11 is 0. The number of nitrogens with zero attached hydrogens (tertiary/aromatic N) is 2. The van der Waals surface area contributed by atoms with Crippen LogP contribution in [-0.2, 0) is 21.4 Å². The molecule has 1 unspecified atom stereocenters. The van der Waals surface area contributed by atoms with E-state index in [9.17, 15) is 14.7 Å². The second-order valence-corrected chi connectivity index (χ2v) is 14.0. The lowest BCUT2D eigenvalue weighted by Crippen LogP contribution is -2.52. The lowest BCUT2D eigenvalue weighted by atomic mass is 9.72. The van der Waals surface area contributed by atoms with Gasteiger partial charge in [0.05, 0.1) is 13.3 Å². The van der Waals surface area contributed by atoms with Gasteiger partial charge in [-0.05, 0) is 59.4 Å². The second kappa shape index (κ2) is 12.3. The Bertz CT molecular complexity index is 2140. The predicted octanol–water partition coefficient (Wildman–Crippen LogP) is 5.35. The molecule has 4 N–H and O–H groups in total. The molecule has 12 heteroatoms. The number of aliphatic hydroxyl groups excluding tert-OH is 1. The zero-order valence-electron chi connectivity index (χ0n) is 28.9. The number of oxazole rings is 2. The molecule has 4 bridgehead atoms. The maximum absolute atomic E-state index is 14.1. The van der Waals surface area contributed by atoms with E-state index in [-0.39, 0.29) is 30.0 Å². The van der Waals surface area contributed by atoms with Gasteiger partial charge in [-0.15, -0.1) is 0 Å². The molecule has 0 saturated heterocycles. The Morgan fingerprint density at radius 1 is 1.02 bits per heavy atom. The first kappa shape index (κ1) is 32.6. The summed E-state index contributed by atoms with van der Waals surface area (Å²) in [6, 6.07) is 19.5. The van der Waals surface area contributed by atoms with E-state index in [1.807, 2.05) is 80.6 Å². The summed E-state index contributed by atoms with van der Waals surface area (Å²) in [5, 5.41) is 20.0. The van der Waals surface area contributed by atoms with Crippen LogP contribution in [0.4, 0.5) is 5.69 Å². The van der Waals surface area contributed by atoms with Gasteiger partial charge in [-0.1, -0.05) is 58.0 Å². The van der Waals surface area contributed by atoms with Crippen molar-refractivity contribution < 1.29 is 33.0 Å². The summed E-state index contributed by atoms with van der Waals surface area (Å²) in [5.74, 6) is 1.27. The van der Waals surface area contributed by atoms with Gasteiger partial charge in [-0.3, -0.25) is 9.59 Å². The van der Waals surface area contributed by atoms with Crippen molar-refractivity contribution in [1.82, 2.24) is 20.6 Å². The van der Waals surface area contributed by atoms with Crippen LogP contribution in [0.15, 0.2) is 81.8 Å². The van der Waals surface area contributed by atoms with Gasteiger partial charge in [0, 0.05) is 23.2 Å². The molecule has 2 aromatic heterocycles. The van der Waals surface area contributed by atoms with Crippen molar-refractivity contribution in [1.29, 1.82) is 0 Å². The standard InChI is InChI=1S/C39H39N5O7/c1-19(2)30-37-44-31(36-40-18-29(49-36)22-11-13-23(48-5)14-12-22)33(51-37)39-24-8-6-7-9-26(24)42-38(39)50-28-15-10-21(16-25(28)39)17-27(34(46)43-30)41-35(47)32(45)20(3)4/h6-16,18-20,27,30,32,38,42,45H,17H2,1-5H3,(H,41,47)(H,43,46)/t27-,30-,32-,38?,39-/m0/s1. The maximum Gasteiger partial charge on any atom is 0.249 e. The average Bonchev–Trinajstić information content (AvgIpc) is 3.91. The molecule has 5 aromatic rings. The minimum absolute atomic E-state index is 0.167.